The van der Waals surface area contributed by atoms with E-state index >= 15 is 0 Å². The molecule has 0 amide bonds. The number of para-hydroxylation sites is 2. The van der Waals surface area contributed by atoms with Crippen molar-refractivity contribution in [3.05, 3.63) is 58.7 Å². The molecule has 2 nitrogen and oxygen atoms in total. The SMILES string of the molecule is CCC(C)c1cccc(C(C)CC)c1N1C=[N+](c2c(C(C)CC)cccc2C(C)CC)CC1. The van der Waals surface area contributed by atoms with Gasteiger partial charge in [0.05, 0.1) is 0 Å². The highest BCUT2D eigenvalue weighted by molar-refractivity contribution is 5.82. The van der Waals surface area contributed by atoms with Gasteiger partial charge in [0.2, 0.25) is 6.34 Å². The molecule has 0 radical (unpaired) electrons. The molecule has 0 fully saturated rings. The quantitative estimate of drug-likeness (QED) is 0.329. The van der Waals surface area contributed by atoms with Crippen LogP contribution in [0, 0.1) is 0 Å². The van der Waals surface area contributed by atoms with E-state index < -0.39 is 0 Å². The van der Waals surface area contributed by atoms with Crippen LogP contribution in [0.5, 0.6) is 0 Å². The van der Waals surface area contributed by atoms with Gasteiger partial charge in [-0.25, -0.2) is 9.48 Å². The van der Waals surface area contributed by atoms with Crippen LogP contribution < -0.4 is 4.90 Å². The molecule has 180 valence electrons. The van der Waals surface area contributed by atoms with Crippen LogP contribution in [0.1, 0.15) is 127 Å². The Balaban J connectivity index is 2.17. The van der Waals surface area contributed by atoms with E-state index in [1.165, 1.54) is 59.3 Å². The maximum Gasteiger partial charge on any atom is 0.244 e. The largest absolute Gasteiger partial charge is 0.244 e. The van der Waals surface area contributed by atoms with E-state index in [0.717, 1.165) is 13.1 Å². The van der Waals surface area contributed by atoms with Crippen LogP contribution in [0.25, 0.3) is 0 Å². The molecule has 4 unspecified atom stereocenters. The zero-order valence-corrected chi connectivity index (χ0v) is 22.5. The zero-order chi connectivity index (χ0) is 24.1. The van der Waals surface area contributed by atoms with Gasteiger partial charge in [0, 0.05) is 22.3 Å². The molecule has 3 rings (SSSR count). The second-order valence-corrected chi connectivity index (χ2v) is 10.3. The van der Waals surface area contributed by atoms with E-state index in [2.05, 4.69) is 108 Å². The van der Waals surface area contributed by atoms with Gasteiger partial charge in [0.1, 0.15) is 24.5 Å². The molecule has 1 heterocycles. The molecule has 2 aromatic rings. The summed E-state index contributed by atoms with van der Waals surface area (Å²) >= 11 is 0. The molecule has 4 atom stereocenters. The monoisotopic (exact) mass is 447 g/mol. The topological polar surface area (TPSA) is 6.25 Å². The van der Waals surface area contributed by atoms with Crippen molar-refractivity contribution in [1.29, 1.82) is 0 Å². The fourth-order valence-corrected chi connectivity index (χ4v) is 5.13. The number of rotatable bonds is 10. The Morgan fingerprint density at radius 3 is 1.48 bits per heavy atom. The Morgan fingerprint density at radius 1 is 0.667 bits per heavy atom. The summed E-state index contributed by atoms with van der Waals surface area (Å²) in [5, 5.41) is 0. The van der Waals surface area contributed by atoms with Crippen molar-refractivity contribution in [2.45, 2.75) is 105 Å². The first-order chi connectivity index (χ1) is 15.9. The lowest BCUT2D eigenvalue weighted by Gasteiger charge is -2.23. The van der Waals surface area contributed by atoms with Gasteiger partial charge < -0.3 is 0 Å². The van der Waals surface area contributed by atoms with Crippen molar-refractivity contribution >= 4 is 17.7 Å². The minimum Gasteiger partial charge on any atom is -0.229 e. The lowest BCUT2D eigenvalue weighted by molar-refractivity contribution is -0.425. The van der Waals surface area contributed by atoms with Crippen LogP contribution in [-0.2, 0) is 0 Å². The van der Waals surface area contributed by atoms with Gasteiger partial charge in [-0.2, -0.15) is 0 Å². The van der Waals surface area contributed by atoms with Crippen LogP contribution >= 0.6 is 0 Å². The molecule has 1 aliphatic heterocycles. The van der Waals surface area contributed by atoms with Crippen molar-refractivity contribution in [2.75, 3.05) is 18.0 Å². The van der Waals surface area contributed by atoms with Crippen molar-refractivity contribution in [3.8, 4) is 0 Å². The molecule has 0 aromatic heterocycles. The number of anilines is 1. The minimum absolute atomic E-state index is 0.564. The molecule has 2 heteroatoms. The van der Waals surface area contributed by atoms with Crippen LogP contribution in [0.3, 0.4) is 0 Å². The fourth-order valence-electron chi connectivity index (χ4n) is 5.13. The van der Waals surface area contributed by atoms with Gasteiger partial charge in [-0.1, -0.05) is 91.8 Å². The summed E-state index contributed by atoms with van der Waals surface area (Å²) in [6.45, 7) is 20.9. The zero-order valence-electron chi connectivity index (χ0n) is 22.5. The van der Waals surface area contributed by atoms with Gasteiger partial charge in [0.15, 0.2) is 0 Å². The summed E-state index contributed by atoms with van der Waals surface area (Å²) in [5.74, 6) is 2.26. The highest BCUT2D eigenvalue weighted by atomic mass is 15.3. The van der Waals surface area contributed by atoms with Gasteiger partial charge in [-0.05, 0) is 49.4 Å². The average molecular weight is 448 g/mol. The third-order valence-corrected chi connectivity index (χ3v) is 8.21. The number of hydrogen-bond donors (Lipinski definition) is 0. The number of benzene rings is 2. The molecular formula is C31H47N2+. The van der Waals surface area contributed by atoms with Gasteiger partial charge >= 0.3 is 0 Å². The first-order valence-electron chi connectivity index (χ1n) is 13.5. The lowest BCUT2D eigenvalue weighted by atomic mass is 9.88. The lowest BCUT2D eigenvalue weighted by Crippen LogP contribution is -2.22. The molecular weight excluding hydrogens is 400 g/mol. The van der Waals surface area contributed by atoms with E-state index in [-0.39, 0.29) is 0 Å². The van der Waals surface area contributed by atoms with Crippen molar-refractivity contribution in [3.63, 3.8) is 0 Å². The fraction of sp³-hybridized carbons (Fsp3) is 0.581. The van der Waals surface area contributed by atoms with Crippen LogP contribution in [0.15, 0.2) is 36.4 Å². The van der Waals surface area contributed by atoms with Crippen LogP contribution in [0.2, 0.25) is 0 Å². The molecule has 0 bridgehead atoms. The minimum atomic E-state index is 0.564. The van der Waals surface area contributed by atoms with E-state index in [1.807, 2.05) is 0 Å². The Bertz CT molecular complexity index is 901. The van der Waals surface area contributed by atoms with Gasteiger partial charge in [-0.15, -0.1) is 0 Å². The Labute approximate surface area is 203 Å². The average Bonchev–Trinajstić information content (AvgIpc) is 3.35. The summed E-state index contributed by atoms with van der Waals surface area (Å²) in [4.78, 5) is 2.57. The van der Waals surface area contributed by atoms with E-state index in [9.17, 15) is 0 Å². The first-order valence-corrected chi connectivity index (χ1v) is 13.5. The Morgan fingerprint density at radius 2 is 1.06 bits per heavy atom. The second-order valence-electron chi connectivity index (χ2n) is 10.3. The summed E-state index contributed by atoms with van der Waals surface area (Å²) in [5.41, 5.74) is 8.96. The van der Waals surface area contributed by atoms with E-state index in [4.69, 9.17) is 0 Å². The van der Waals surface area contributed by atoms with Gasteiger partial charge in [0.25, 0.3) is 0 Å². The van der Waals surface area contributed by atoms with E-state index in [0.29, 0.717) is 23.7 Å². The van der Waals surface area contributed by atoms with E-state index in [1.54, 1.807) is 0 Å². The van der Waals surface area contributed by atoms with Crippen LogP contribution in [-0.4, -0.2) is 24.0 Å². The summed E-state index contributed by atoms with van der Waals surface area (Å²) in [7, 11) is 0. The molecule has 0 aliphatic carbocycles. The second kappa shape index (κ2) is 11.4. The third-order valence-electron chi connectivity index (χ3n) is 8.21. The molecule has 2 aromatic carbocycles. The van der Waals surface area contributed by atoms with Crippen molar-refractivity contribution in [2.24, 2.45) is 0 Å². The highest BCUT2D eigenvalue weighted by Gasteiger charge is 2.32. The maximum atomic E-state index is 2.57. The first kappa shape index (κ1) is 25.5. The predicted octanol–water partition coefficient (Wildman–Crippen LogP) is 8.93. The standard InChI is InChI=1S/C31H47N2/c1-9-22(5)26-15-13-16-27(23(6)10-2)30(26)32-19-20-33(21-32)31-28(24(7)11-3)17-14-18-29(31)25(8)12-4/h13-18,21-25H,9-12,19-20H2,1-8H3/q+1. The molecule has 1 aliphatic rings. The predicted molar refractivity (Wildman–Crippen MR) is 146 cm³/mol. The summed E-state index contributed by atoms with van der Waals surface area (Å²) in [6, 6.07) is 14.0. The van der Waals surface area contributed by atoms with Crippen molar-refractivity contribution < 1.29 is 4.58 Å². The summed E-state index contributed by atoms with van der Waals surface area (Å²) < 4.78 is 2.57. The molecule has 0 N–H and O–H groups in total. The molecule has 0 saturated carbocycles. The van der Waals surface area contributed by atoms with Gasteiger partial charge in [-0.3, -0.25) is 0 Å². The maximum absolute atomic E-state index is 2.57. The highest BCUT2D eigenvalue weighted by Crippen LogP contribution is 2.40. The van der Waals surface area contributed by atoms with Crippen molar-refractivity contribution in [1.82, 2.24) is 0 Å². The Kier molecular flexibility index (Phi) is 8.79. The number of hydrogen-bond acceptors (Lipinski definition) is 1. The third kappa shape index (κ3) is 5.20. The Hall–Kier alpha value is -2.09. The number of nitrogens with zero attached hydrogens (tertiary/aromatic N) is 2. The molecule has 0 spiro atoms. The van der Waals surface area contributed by atoms with Crippen LogP contribution in [0.4, 0.5) is 11.4 Å². The smallest absolute Gasteiger partial charge is 0.229 e. The molecule has 33 heavy (non-hydrogen) atoms. The summed E-state index contributed by atoms with van der Waals surface area (Å²) in [6.07, 6.45) is 7.11. The molecule has 0 saturated heterocycles. The normalized spacial score (nSPS) is 17.6.